The van der Waals surface area contributed by atoms with Gasteiger partial charge in [0, 0.05) is 0 Å². The molecule has 0 N–H and O–H groups in total. The molecule has 0 spiro atoms. The van der Waals surface area contributed by atoms with Gasteiger partial charge in [-0.2, -0.15) is 10.2 Å². The van der Waals surface area contributed by atoms with Crippen LogP contribution in [0.15, 0.2) is 30.3 Å². The molecule has 0 unspecified atom stereocenters. The molecule has 4 nitrogen and oxygen atoms in total. The number of ether oxygens (including phenoxy) is 1. The van der Waals surface area contributed by atoms with Crippen LogP contribution in [0, 0.1) is 11.5 Å². The highest BCUT2D eigenvalue weighted by Crippen LogP contribution is 2.12. The van der Waals surface area contributed by atoms with Gasteiger partial charge in [-0.15, -0.1) is 0 Å². The Morgan fingerprint density at radius 3 is 2.64 bits per heavy atom. The Morgan fingerprint density at radius 1 is 1.50 bits per heavy atom. The summed E-state index contributed by atoms with van der Waals surface area (Å²) in [5, 5.41) is 8.75. The first-order valence-electron chi connectivity index (χ1n) is 4.21. The van der Waals surface area contributed by atoms with Crippen LogP contribution < -0.4 is 4.90 Å². The second-order valence-electron chi connectivity index (χ2n) is 2.47. The highest BCUT2D eigenvalue weighted by atomic mass is 16.6. The van der Waals surface area contributed by atoms with Gasteiger partial charge >= 0.3 is 6.09 Å². The number of carbonyl (C=O) groups excluding carboxylic acids is 1. The minimum absolute atomic E-state index is 0.254. The number of nitriles is 1. The quantitative estimate of drug-likeness (QED) is 0.530. The van der Waals surface area contributed by atoms with Crippen molar-refractivity contribution in [2.75, 3.05) is 11.5 Å². The van der Waals surface area contributed by atoms with Crippen molar-refractivity contribution in [1.82, 2.24) is 0 Å². The molecule has 0 radical (unpaired) electrons. The smallest absolute Gasteiger partial charge is 0.427 e. The van der Waals surface area contributed by atoms with Crippen LogP contribution in [0.25, 0.3) is 0 Å². The summed E-state index contributed by atoms with van der Waals surface area (Å²) >= 11 is 0. The maximum atomic E-state index is 11.3. The molecule has 1 amide bonds. The molecule has 1 aromatic carbocycles. The number of benzene rings is 1. The molecule has 72 valence electrons. The maximum absolute atomic E-state index is 11.3. The Bertz CT molecular complexity index is 343. The van der Waals surface area contributed by atoms with E-state index < -0.39 is 6.09 Å². The predicted molar refractivity (Wildman–Crippen MR) is 51.6 cm³/mol. The maximum Gasteiger partial charge on any atom is 0.427 e. The summed E-state index contributed by atoms with van der Waals surface area (Å²) in [6.45, 7) is 1.95. The van der Waals surface area contributed by atoms with Crippen LogP contribution in [0.5, 0.6) is 0 Å². The Labute approximate surface area is 82.3 Å². The van der Waals surface area contributed by atoms with Gasteiger partial charge in [0.1, 0.15) is 0 Å². The van der Waals surface area contributed by atoms with Crippen LogP contribution in [0.4, 0.5) is 10.5 Å². The molecule has 0 atom stereocenters. The number of hydrogen-bond donors (Lipinski definition) is 0. The molecular weight excluding hydrogens is 180 g/mol. The van der Waals surface area contributed by atoms with Crippen LogP contribution in [0.3, 0.4) is 0 Å². The van der Waals surface area contributed by atoms with E-state index in [0.717, 1.165) is 4.90 Å². The molecule has 0 saturated carbocycles. The predicted octanol–water partition coefficient (Wildman–Crippen LogP) is 2.13. The molecule has 0 saturated heterocycles. The summed E-state index contributed by atoms with van der Waals surface area (Å²) in [7, 11) is 0. The molecule has 0 aliphatic carbocycles. The lowest BCUT2D eigenvalue weighted by atomic mass is 10.3. The first-order valence-corrected chi connectivity index (χ1v) is 4.21. The molecule has 4 heteroatoms. The lowest BCUT2D eigenvalue weighted by Gasteiger charge is -2.12. The van der Waals surface area contributed by atoms with Gasteiger partial charge < -0.3 is 4.74 Å². The first kappa shape index (κ1) is 10.1. The third-order valence-electron chi connectivity index (χ3n) is 1.56. The molecule has 0 heterocycles. The average Bonchev–Trinajstić information content (AvgIpc) is 2.21. The van der Waals surface area contributed by atoms with Crippen LogP contribution >= 0.6 is 0 Å². The van der Waals surface area contributed by atoms with Gasteiger partial charge in [0.15, 0.2) is 6.19 Å². The van der Waals surface area contributed by atoms with Crippen molar-refractivity contribution in [3.8, 4) is 6.19 Å². The molecule has 14 heavy (non-hydrogen) atoms. The number of carbonyl (C=O) groups is 1. The standard InChI is InChI=1S/C10H10N2O2/c1-2-14-10(13)12(8-11)9-6-4-3-5-7-9/h3-7H,2H2,1H3. The Balaban J connectivity index is 2.84. The summed E-state index contributed by atoms with van der Waals surface area (Å²) in [4.78, 5) is 12.2. The van der Waals surface area contributed by atoms with E-state index in [1.807, 2.05) is 6.07 Å². The van der Waals surface area contributed by atoms with Gasteiger partial charge in [-0.3, -0.25) is 0 Å². The van der Waals surface area contributed by atoms with E-state index in [-0.39, 0.29) is 6.61 Å². The van der Waals surface area contributed by atoms with Crippen LogP contribution in [-0.4, -0.2) is 12.7 Å². The summed E-state index contributed by atoms with van der Waals surface area (Å²) in [5.41, 5.74) is 0.508. The Kier molecular flexibility index (Phi) is 3.50. The van der Waals surface area contributed by atoms with Crippen molar-refractivity contribution in [2.24, 2.45) is 0 Å². The SMILES string of the molecule is CCOC(=O)N(C#N)c1ccccc1. The normalized spacial score (nSPS) is 8.86. The summed E-state index contributed by atoms with van der Waals surface area (Å²) < 4.78 is 4.71. The van der Waals surface area contributed by atoms with E-state index in [1.165, 1.54) is 0 Å². The minimum atomic E-state index is -0.652. The van der Waals surface area contributed by atoms with Crippen LogP contribution in [0.1, 0.15) is 6.92 Å². The van der Waals surface area contributed by atoms with Gasteiger partial charge in [-0.05, 0) is 19.1 Å². The van der Waals surface area contributed by atoms with Crippen molar-refractivity contribution < 1.29 is 9.53 Å². The third kappa shape index (κ3) is 2.23. The van der Waals surface area contributed by atoms with Gasteiger partial charge in [-0.25, -0.2) is 4.79 Å². The monoisotopic (exact) mass is 190 g/mol. The van der Waals surface area contributed by atoms with Crippen molar-refractivity contribution >= 4 is 11.8 Å². The number of amides is 1. The van der Waals surface area contributed by atoms with E-state index in [9.17, 15) is 4.79 Å². The largest absolute Gasteiger partial charge is 0.449 e. The van der Waals surface area contributed by atoms with Gasteiger partial charge in [0.25, 0.3) is 0 Å². The van der Waals surface area contributed by atoms with E-state index in [2.05, 4.69) is 0 Å². The Morgan fingerprint density at radius 2 is 2.14 bits per heavy atom. The fourth-order valence-corrected chi connectivity index (χ4v) is 0.969. The summed E-state index contributed by atoms with van der Waals surface area (Å²) in [6, 6.07) is 8.64. The molecule has 0 aromatic heterocycles. The molecular formula is C10H10N2O2. The summed E-state index contributed by atoms with van der Waals surface area (Å²) in [5.74, 6) is 0. The van der Waals surface area contributed by atoms with Crippen molar-refractivity contribution in [2.45, 2.75) is 6.92 Å². The van der Waals surface area contributed by atoms with Gasteiger partial charge in [0.2, 0.25) is 0 Å². The zero-order chi connectivity index (χ0) is 10.4. The Hall–Kier alpha value is -2.02. The summed E-state index contributed by atoms with van der Waals surface area (Å²) in [6.07, 6.45) is 1.11. The lowest BCUT2D eigenvalue weighted by Crippen LogP contribution is -2.26. The number of para-hydroxylation sites is 1. The second kappa shape index (κ2) is 4.87. The number of nitrogens with zero attached hydrogens (tertiary/aromatic N) is 2. The number of anilines is 1. The van der Waals surface area contributed by atoms with Crippen LogP contribution in [-0.2, 0) is 4.74 Å². The highest BCUT2D eigenvalue weighted by Gasteiger charge is 2.15. The molecule has 0 bridgehead atoms. The lowest BCUT2D eigenvalue weighted by molar-refractivity contribution is 0.163. The van der Waals surface area contributed by atoms with E-state index >= 15 is 0 Å². The fraction of sp³-hybridized carbons (Fsp3) is 0.200. The van der Waals surface area contributed by atoms with E-state index in [4.69, 9.17) is 10.00 Å². The number of hydrogen-bond acceptors (Lipinski definition) is 3. The van der Waals surface area contributed by atoms with E-state index in [1.54, 1.807) is 37.4 Å². The van der Waals surface area contributed by atoms with Crippen molar-refractivity contribution in [3.63, 3.8) is 0 Å². The fourth-order valence-electron chi connectivity index (χ4n) is 0.969. The first-order chi connectivity index (χ1) is 6.79. The molecule has 0 fully saturated rings. The molecule has 1 aromatic rings. The van der Waals surface area contributed by atoms with Gasteiger partial charge in [-0.1, -0.05) is 18.2 Å². The van der Waals surface area contributed by atoms with Crippen LogP contribution in [0.2, 0.25) is 0 Å². The third-order valence-corrected chi connectivity index (χ3v) is 1.56. The highest BCUT2D eigenvalue weighted by molar-refractivity contribution is 5.90. The molecule has 0 aliphatic heterocycles. The zero-order valence-electron chi connectivity index (χ0n) is 7.80. The number of rotatable bonds is 2. The topological polar surface area (TPSA) is 53.3 Å². The second-order valence-corrected chi connectivity index (χ2v) is 2.47. The van der Waals surface area contributed by atoms with Crippen molar-refractivity contribution in [1.29, 1.82) is 5.26 Å². The zero-order valence-corrected chi connectivity index (χ0v) is 7.80. The average molecular weight is 190 g/mol. The van der Waals surface area contributed by atoms with E-state index in [0.29, 0.717) is 5.69 Å². The molecule has 0 aliphatic rings. The van der Waals surface area contributed by atoms with Gasteiger partial charge in [0.05, 0.1) is 12.3 Å². The molecule has 1 rings (SSSR count). The van der Waals surface area contributed by atoms with Crippen molar-refractivity contribution in [3.05, 3.63) is 30.3 Å². The minimum Gasteiger partial charge on any atom is -0.449 e.